The normalized spacial score (nSPS) is 20.0. The van der Waals surface area contributed by atoms with Crippen LogP contribution in [0.1, 0.15) is 0 Å². The molecular weight excluding hydrogens is 827 g/mol. The fraction of sp³-hybridized carbons (Fsp3) is 0.833. The van der Waals surface area contributed by atoms with E-state index < -0.39 is 148 Å². The van der Waals surface area contributed by atoms with Crippen molar-refractivity contribution in [2.45, 2.75) is 97.7 Å². The zero-order valence-corrected chi connectivity index (χ0v) is 29.2. The molecule has 0 aromatic heterocycles. The summed E-state index contributed by atoms with van der Waals surface area (Å²) in [5.41, 5.74) is 0. The van der Waals surface area contributed by atoms with Gasteiger partial charge >= 0.3 is 26.2 Å². The second-order valence-corrected chi connectivity index (χ2v) is 9.98. The van der Waals surface area contributed by atoms with Crippen molar-refractivity contribution < 1.29 is 168 Å². The van der Waals surface area contributed by atoms with Gasteiger partial charge in [-0.2, -0.15) is 0 Å². The monoisotopic (exact) mass is 870 g/mol. The Morgan fingerprint density at radius 1 is 0.302 bits per heavy atom. The van der Waals surface area contributed by atoms with Crippen LogP contribution < -0.4 is 20.4 Å². The van der Waals surface area contributed by atoms with Crippen LogP contribution in [0.2, 0.25) is 0 Å². The van der Waals surface area contributed by atoms with Crippen molar-refractivity contribution in [1.82, 2.24) is 0 Å². The Labute approximate surface area is 315 Å². The van der Waals surface area contributed by atoms with Gasteiger partial charge in [0.05, 0.1) is 50.3 Å². The van der Waals surface area contributed by atoms with Gasteiger partial charge in [-0.25, -0.2) is 0 Å². The summed E-state index contributed by atoms with van der Waals surface area (Å²) in [7, 11) is 0. The second-order valence-electron chi connectivity index (χ2n) is 9.98. The minimum Gasteiger partial charge on any atom is -0.547 e. The van der Waals surface area contributed by atoms with Crippen LogP contribution in [0.25, 0.3) is 0 Å². The molecule has 0 saturated heterocycles. The molecule has 312 valence electrons. The first kappa shape index (κ1) is 60.2. The third-order valence-corrected chi connectivity index (χ3v) is 5.98. The molecule has 0 unspecified atom stereocenters. The molecule has 0 aliphatic rings. The van der Waals surface area contributed by atoms with E-state index in [1.54, 1.807) is 0 Å². The third-order valence-electron chi connectivity index (χ3n) is 5.98. The number of aliphatic hydroxyl groups excluding tert-OH is 20. The first-order chi connectivity index (χ1) is 23.7. The number of carboxylic acids is 4. The van der Waals surface area contributed by atoms with Crippen LogP contribution in [0.15, 0.2) is 0 Å². The molecule has 29 heteroatoms. The SMILES string of the molecule is O=C([O-])[C@H](O)[C@@H](O)[C@H](O)[C@H](O)CO.O=C([O-])[C@H](O)[C@@H](O)[C@H](O)[C@H](O)CO.O=C([O-])[C@H](O)[C@@H](O)[C@H](O)[C@H](O)CO.O=C([O-])[C@H](O)[C@@H](O)[C@H](O)[C@H](O)CO.[Zr+4]. The van der Waals surface area contributed by atoms with E-state index in [4.69, 9.17) is 102 Å². The van der Waals surface area contributed by atoms with Gasteiger partial charge in [0.1, 0.15) is 97.7 Å². The Kier molecular flexibility index (Phi) is 35.4. The molecule has 0 spiro atoms. The van der Waals surface area contributed by atoms with E-state index in [0.29, 0.717) is 0 Å². The number of hydrogen-bond acceptors (Lipinski definition) is 28. The van der Waals surface area contributed by atoms with Gasteiger partial charge in [0.2, 0.25) is 0 Å². The molecule has 0 fully saturated rings. The van der Waals surface area contributed by atoms with Crippen molar-refractivity contribution in [2.24, 2.45) is 0 Å². The van der Waals surface area contributed by atoms with Crippen molar-refractivity contribution in [2.75, 3.05) is 26.4 Å². The van der Waals surface area contributed by atoms with Gasteiger partial charge in [-0.15, -0.1) is 0 Å². The van der Waals surface area contributed by atoms with Crippen molar-refractivity contribution >= 4 is 23.9 Å². The van der Waals surface area contributed by atoms with Crippen LogP contribution in [0.3, 0.4) is 0 Å². The van der Waals surface area contributed by atoms with E-state index in [0.717, 1.165) is 0 Å². The quantitative estimate of drug-likeness (QED) is 0.0540. The average Bonchev–Trinajstić information content (AvgIpc) is 3.12. The number of carbonyl (C=O) groups is 4. The topological polar surface area (TPSA) is 565 Å². The Bertz CT molecular complexity index is 841. The number of hydrogen-bond donors (Lipinski definition) is 20. The third kappa shape index (κ3) is 23.5. The maximum absolute atomic E-state index is 9.98. The van der Waals surface area contributed by atoms with E-state index in [1.165, 1.54) is 0 Å². The van der Waals surface area contributed by atoms with E-state index in [1.807, 2.05) is 0 Å². The summed E-state index contributed by atoms with van der Waals surface area (Å²) in [6.07, 6.45) is -32.3. The van der Waals surface area contributed by atoms with Crippen LogP contribution in [0.5, 0.6) is 0 Å². The summed E-state index contributed by atoms with van der Waals surface area (Å²) in [4.78, 5) is 39.9. The number of rotatable bonds is 20. The van der Waals surface area contributed by atoms with Gasteiger partial charge in [-0.3, -0.25) is 0 Å². The zero-order valence-electron chi connectivity index (χ0n) is 26.8. The van der Waals surface area contributed by atoms with Crippen molar-refractivity contribution in [1.29, 1.82) is 0 Å². The molecule has 0 amide bonds. The summed E-state index contributed by atoms with van der Waals surface area (Å²) in [5, 5.41) is 214. The van der Waals surface area contributed by atoms with Crippen molar-refractivity contribution in [3.63, 3.8) is 0 Å². The number of carboxylic acid groups (broad SMARTS) is 4. The van der Waals surface area contributed by atoms with Gasteiger partial charge in [0.25, 0.3) is 0 Å². The van der Waals surface area contributed by atoms with Crippen LogP contribution in [0.4, 0.5) is 0 Å². The zero-order chi connectivity index (χ0) is 42.4. The molecule has 0 heterocycles. The van der Waals surface area contributed by atoms with Crippen molar-refractivity contribution in [3.8, 4) is 0 Å². The molecule has 0 saturated carbocycles. The Morgan fingerprint density at radius 2 is 0.415 bits per heavy atom. The maximum atomic E-state index is 9.98. The molecule has 0 rings (SSSR count). The summed E-state index contributed by atoms with van der Waals surface area (Å²) in [5.74, 6) is -7.90. The Hall–Kier alpha value is -2.04. The summed E-state index contributed by atoms with van der Waals surface area (Å²) in [6, 6.07) is 0. The van der Waals surface area contributed by atoms with E-state index >= 15 is 0 Å². The minimum atomic E-state index is -2.31. The Morgan fingerprint density at radius 3 is 0.491 bits per heavy atom. The van der Waals surface area contributed by atoms with Gasteiger partial charge in [-0.05, 0) is 0 Å². The van der Waals surface area contributed by atoms with Gasteiger partial charge in [0.15, 0.2) is 0 Å². The molecule has 0 aromatic carbocycles. The largest absolute Gasteiger partial charge is 4.00 e. The molecule has 16 atom stereocenters. The van der Waals surface area contributed by atoms with E-state index in [9.17, 15) is 39.6 Å². The van der Waals surface area contributed by atoms with Gasteiger partial charge < -0.3 is 142 Å². The number of aliphatic hydroxyl groups is 20. The van der Waals surface area contributed by atoms with E-state index in [-0.39, 0.29) is 26.2 Å². The molecule has 0 aromatic rings. The Balaban J connectivity index is -0.000000192. The number of aliphatic carboxylic acids is 4. The summed E-state index contributed by atoms with van der Waals surface area (Å²) >= 11 is 0. The minimum absolute atomic E-state index is 0. The first-order valence-corrected chi connectivity index (χ1v) is 13.8. The molecule has 0 aliphatic heterocycles. The maximum Gasteiger partial charge on any atom is 4.00 e. The molecule has 0 aliphatic carbocycles. The van der Waals surface area contributed by atoms with Crippen LogP contribution >= 0.6 is 0 Å². The fourth-order valence-electron chi connectivity index (χ4n) is 2.65. The van der Waals surface area contributed by atoms with Crippen LogP contribution in [-0.4, -0.2) is 250 Å². The number of carbonyl (C=O) groups excluding carboxylic acids is 4. The molecule has 28 nitrogen and oxygen atoms in total. The van der Waals surface area contributed by atoms with Crippen molar-refractivity contribution in [3.05, 3.63) is 0 Å². The molecule has 20 N–H and O–H groups in total. The standard InChI is InChI=1S/4C6H12O7.Zr/c4*7-1-2(8)3(9)4(10)5(11)6(12)13;/h4*2-5,7-11H,1H2,(H,12,13);/q;;;;+4/p-4/t4*2-,3-,4+,5-;/m1111./s1. The average molecular weight is 872 g/mol. The summed E-state index contributed by atoms with van der Waals surface area (Å²) in [6.45, 7) is -3.45. The molecule has 0 radical (unpaired) electrons. The molecule has 53 heavy (non-hydrogen) atoms. The first-order valence-electron chi connectivity index (χ1n) is 13.8. The smallest absolute Gasteiger partial charge is 0.547 e. The van der Waals surface area contributed by atoms with Gasteiger partial charge in [-0.1, -0.05) is 0 Å². The summed E-state index contributed by atoms with van der Waals surface area (Å²) < 4.78 is 0. The predicted octanol–water partition coefficient (Wildman–Crippen LogP) is -19.3. The fourth-order valence-corrected chi connectivity index (χ4v) is 2.65. The van der Waals surface area contributed by atoms with Crippen LogP contribution in [0, 0.1) is 0 Å². The molecule has 0 bridgehead atoms. The predicted molar refractivity (Wildman–Crippen MR) is 144 cm³/mol. The van der Waals surface area contributed by atoms with Crippen LogP contribution in [-0.2, 0) is 45.4 Å². The van der Waals surface area contributed by atoms with E-state index in [2.05, 4.69) is 0 Å². The van der Waals surface area contributed by atoms with Gasteiger partial charge in [0, 0.05) is 0 Å². The molecular formula is C24H44O28Zr. The second kappa shape index (κ2) is 31.2.